The maximum atomic E-state index is 13.3. The highest BCUT2D eigenvalue weighted by Gasteiger charge is 2.53. The van der Waals surface area contributed by atoms with Crippen molar-refractivity contribution in [2.45, 2.75) is 32.8 Å². The van der Waals surface area contributed by atoms with E-state index in [1.165, 1.54) is 6.08 Å². The lowest BCUT2D eigenvalue weighted by Crippen LogP contribution is -2.40. The summed E-state index contributed by atoms with van der Waals surface area (Å²) < 4.78 is 18.7. The standard InChI is InChI=1S/C15H17FO3/c1-8-9-3-5-15(2)6-4-11(17)10(7-16)12(15)13(9)19-14(8)18/h4,6,8-9,13H,3,5,7H2,1-2H3/t8-,9-,13-,15-/m0/s1. The van der Waals surface area contributed by atoms with Crippen LogP contribution in [0.3, 0.4) is 0 Å². The molecule has 1 saturated heterocycles. The Labute approximate surface area is 111 Å². The SMILES string of the molecule is C[C@@H]1C(=O)O[C@@H]2C3=C(CF)C(=O)C=C[C@]3(C)CC[C@@H]12. The lowest BCUT2D eigenvalue weighted by Gasteiger charge is -2.42. The van der Waals surface area contributed by atoms with Gasteiger partial charge in [0.1, 0.15) is 12.8 Å². The highest BCUT2D eigenvalue weighted by molar-refractivity contribution is 6.06. The van der Waals surface area contributed by atoms with E-state index in [4.69, 9.17) is 4.74 Å². The third-order valence-corrected chi connectivity index (χ3v) is 4.90. The summed E-state index contributed by atoms with van der Waals surface area (Å²) >= 11 is 0. The molecule has 0 aromatic rings. The second-order valence-corrected chi connectivity index (χ2v) is 5.99. The molecule has 4 atom stereocenters. The van der Waals surface area contributed by atoms with Gasteiger partial charge in [0.2, 0.25) is 0 Å². The fraction of sp³-hybridized carbons (Fsp3) is 0.600. The fourth-order valence-electron chi connectivity index (χ4n) is 3.68. The summed E-state index contributed by atoms with van der Waals surface area (Å²) in [7, 11) is 0. The van der Waals surface area contributed by atoms with E-state index in [0.717, 1.165) is 12.8 Å². The predicted molar refractivity (Wildman–Crippen MR) is 67.0 cm³/mol. The normalized spacial score (nSPS) is 41.1. The van der Waals surface area contributed by atoms with E-state index in [1.54, 1.807) is 0 Å². The fourth-order valence-corrected chi connectivity index (χ4v) is 3.68. The minimum Gasteiger partial charge on any atom is -0.457 e. The van der Waals surface area contributed by atoms with E-state index >= 15 is 0 Å². The Balaban J connectivity index is 2.12. The molecule has 102 valence electrons. The van der Waals surface area contributed by atoms with Gasteiger partial charge in [-0.3, -0.25) is 9.59 Å². The van der Waals surface area contributed by atoms with Gasteiger partial charge in [0.15, 0.2) is 5.78 Å². The van der Waals surface area contributed by atoms with Crippen LogP contribution in [-0.2, 0) is 14.3 Å². The molecule has 0 spiro atoms. The van der Waals surface area contributed by atoms with Gasteiger partial charge in [-0.15, -0.1) is 0 Å². The molecular formula is C15H17FO3. The van der Waals surface area contributed by atoms with Crippen LogP contribution in [0.15, 0.2) is 23.3 Å². The molecular weight excluding hydrogens is 247 g/mol. The van der Waals surface area contributed by atoms with Gasteiger partial charge >= 0.3 is 5.97 Å². The summed E-state index contributed by atoms with van der Waals surface area (Å²) in [6, 6.07) is 0. The molecule has 0 aromatic heterocycles. The van der Waals surface area contributed by atoms with Crippen LogP contribution in [0.5, 0.6) is 0 Å². The Morgan fingerprint density at radius 3 is 2.89 bits per heavy atom. The maximum Gasteiger partial charge on any atom is 0.309 e. The van der Waals surface area contributed by atoms with Gasteiger partial charge in [0.25, 0.3) is 0 Å². The van der Waals surface area contributed by atoms with Gasteiger partial charge in [0.05, 0.1) is 5.92 Å². The van der Waals surface area contributed by atoms with Crippen LogP contribution in [0.25, 0.3) is 0 Å². The van der Waals surface area contributed by atoms with Gasteiger partial charge in [-0.05, 0) is 24.5 Å². The Kier molecular flexibility index (Phi) is 2.66. The molecule has 4 heteroatoms. The topological polar surface area (TPSA) is 43.4 Å². The van der Waals surface area contributed by atoms with Crippen LogP contribution in [0.4, 0.5) is 4.39 Å². The first kappa shape index (κ1) is 12.6. The summed E-state index contributed by atoms with van der Waals surface area (Å²) in [5, 5.41) is 0. The third kappa shape index (κ3) is 1.62. The van der Waals surface area contributed by atoms with E-state index in [0.29, 0.717) is 5.57 Å². The number of esters is 1. The van der Waals surface area contributed by atoms with E-state index < -0.39 is 12.8 Å². The zero-order valence-corrected chi connectivity index (χ0v) is 11.1. The molecule has 0 radical (unpaired) electrons. The third-order valence-electron chi connectivity index (χ3n) is 4.90. The monoisotopic (exact) mass is 264 g/mol. The Hall–Kier alpha value is -1.45. The molecule has 2 fully saturated rings. The summed E-state index contributed by atoms with van der Waals surface area (Å²) in [6.45, 7) is 3.06. The smallest absolute Gasteiger partial charge is 0.309 e. The van der Waals surface area contributed by atoms with Crippen LogP contribution < -0.4 is 0 Å². The number of hydrogen-bond donors (Lipinski definition) is 0. The molecule has 3 aliphatic rings. The summed E-state index contributed by atoms with van der Waals surface area (Å²) in [5.74, 6) is -0.599. The molecule has 19 heavy (non-hydrogen) atoms. The second-order valence-electron chi connectivity index (χ2n) is 5.99. The largest absolute Gasteiger partial charge is 0.457 e. The highest BCUT2D eigenvalue weighted by Crippen LogP contribution is 2.53. The molecule has 1 aliphatic heterocycles. The Bertz CT molecular complexity index is 519. The average Bonchev–Trinajstić information content (AvgIpc) is 2.66. The van der Waals surface area contributed by atoms with Crippen molar-refractivity contribution in [2.75, 3.05) is 6.67 Å². The first-order valence-corrected chi connectivity index (χ1v) is 6.71. The molecule has 1 saturated carbocycles. The minimum absolute atomic E-state index is 0.0800. The molecule has 0 amide bonds. The molecule has 0 unspecified atom stereocenters. The molecule has 0 bridgehead atoms. The number of carbonyl (C=O) groups excluding carboxylic acids is 2. The lowest BCUT2D eigenvalue weighted by molar-refractivity contribution is -0.143. The first-order chi connectivity index (χ1) is 8.98. The summed E-state index contributed by atoms with van der Waals surface area (Å²) in [4.78, 5) is 23.6. The van der Waals surface area contributed by atoms with E-state index in [9.17, 15) is 14.0 Å². The van der Waals surface area contributed by atoms with Crippen molar-refractivity contribution in [1.29, 1.82) is 0 Å². The van der Waals surface area contributed by atoms with Crippen molar-refractivity contribution in [3.8, 4) is 0 Å². The van der Waals surface area contributed by atoms with Crippen molar-refractivity contribution in [3.63, 3.8) is 0 Å². The van der Waals surface area contributed by atoms with E-state index in [2.05, 4.69) is 0 Å². The molecule has 0 N–H and O–H groups in total. The number of fused-ring (bicyclic) bond motifs is 3. The zero-order valence-electron chi connectivity index (χ0n) is 11.1. The van der Waals surface area contributed by atoms with Gasteiger partial charge in [-0.2, -0.15) is 0 Å². The maximum absolute atomic E-state index is 13.3. The van der Waals surface area contributed by atoms with Crippen molar-refractivity contribution in [2.24, 2.45) is 17.3 Å². The van der Waals surface area contributed by atoms with Crippen LogP contribution in [0, 0.1) is 17.3 Å². The number of rotatable bonds is 1. The number of ether oxygens (including phenoxy) is 1. The number of hydrogen-bond acceptors (Lipinski definition) is 3. The molecule has 1 heterocycles. The summed E-state index contributed by atoms with van der Waals surface area (Å²) in [5.41, 5.74) is 0.555. The van der Waals surface area contributed by atoms with Gasteiger partial charge in [-0.1, -0.05) is 19.9 Å². The molecule has 2 aliphatic carbocycles. The molecule has 3 rings (SSSR count). The Morgan fingerprint density at radius 2 is 2.21 bits per heavy atom. The van der Waals surface area contributed by atoms with Crippen LogP contribution in [0.1, 0.15) is 26.7 Å². The predicted octanol–water partition coefficient (Wildman–Crippen LogP) is 2.37. The van der Waals surface area contributed by atoms with Crippen molar-refractivity contribution in [1.82, 2.24) is 0 Å². The second kappa shape index (κ2) is 4.02. The number of allylic oxidation sites excluding steroid dienone is 3. The first-order valence-electron chi connectivity index (χ1n) is 6.71. The van der Waals surface area contributed by atoms with E-state index in [-0.39, 0.29) is 34.6 Å². The van der Waals surface area contributed by atoms with Crippen molar-refractivity contribution < 1.29 is 18.7 Å². The van der Waals surface area contributed by atoms with E-state index in [1.807, 2.05) is 19.9 Å². The number of halogens is 1. The van der Waals surface area contributed by atoms with Gasteiger partial charge in [-0.25, -0.2) is 4.39 Å². The Morgan fingerprint density at radius 1 is 1.47 bits per heavy atom. The van der Waals surface area contributed by atoms with Crippen LogP contribution >= 0.6 is 0 Å². The summed E-state index contributed by atoms with van der Waals surface area (Å²) in [6.07, 6.45) is 4.59. The number of ketones is 1. The van der Waals surface area contributed by atoms with Gasteiger partial charge < -0.3 is 4.74 Å². The number of alkyl halides is 1. The quantitative estimate of drug-likeness (QED) is 0.683. The van der Waals surface area contributed by atoms with Crippen molar-refractivity contribution >= 4 is 11.8 Å². The minimum atomic E-state index is -0.788. The average molecular weight is 264 g/mol. The van der Waals surface area contributed by atoms with Crippen LogP contribution in [0.2, 0.25) is 0 Å². The lowest BCUT2D eigenvalue weighted by atomic mass is 9.61. The molecule has 3 nitrogen and oxygen atoms in total. The number of carbonyl (C=O) groups is 2. The van der Waals surface area contributed by atoms with Crippen molar-refractivity contribution in [3.05, 3.63) is 23.3 Å². The zero-order chi connectivity index (χ0) is 13.8. The van der Waals surface area contributed by atoms with Crippen LogP contribution in [-0.4, -0.2) is 24.5 Å². The molecule has 0 aromatic carbocycles. The highest BCUT2D eigenvalue weighted by atomic mass is 19.1. The van der Waals surface area contributed by atoms with Gasteiger partial charge in [0, 0.05) is 16.9 Å².